The summed E-state index contributed by atoms with van der Waals surface area (Å²) in [6, 6.07) is 0.815. The summed E-state index contributed by atoms with van der Waals surface area (Å²) in [7, 11) is 3.60. The summed E-state index contributed by atoms with van der Waals surface area (Å²) in [5.74, 6) is 0.191. The normalized spacial score (nSPS) is 18.5. The standard InChI is InChI=1S/C11H20N2O/c1-9(8-11(14)13(2)3)12-10-6-4-5-7-10/h4-5,9-10,12H,6-8H2,1-3H3. The summed E-state index contributed by atoms with van der Waals surface area (Å²) in [5, 5.41) is 3.45. The van der Waals surface area contributed by atoms with Gasteiger partial charge in [-0.2, -0.15) is 0 Å². The summed E-state index contributed by atoms with van der Waals surface area (Å²) in [4.78, 5) is 13.0. The van der Waals surface area contributed by atoms with Crippen molar-refractivity contribution in [2.24, 2.45) is 0 Å². The molecule has 0 saturated carbocycles. The molecule has 1 unspecified atom stereocenters. The van der Waals surface area contributed by atoms with Gasteiger partial charge in [0, 0.05) is 32.6 Å². The Morgan fingerprint density at radius 1 is 1.50 bits per heavy atom. The number of carbonyl (C=O) groups excluding carboxylic acids is 1. The number of rotatable bonds is 4. The first-order valence-electron chi connectivity index (χ1n) is 5.20. The lowest BCUT2D eigenvalue weighted by Gasteiger charge is -2.20. The highest BCUT2D eigenvalue weighted by molar-refractivity contribution is 5.76. The van der Waals surface area contributed by atoms with Crippen LogP contribution >= 0.6 is 0 Å². The Kier molecular flexibility index (Phi) is 4.14. The fraction of sp³-hybridized carbons (Fsp3) is 0.727. The van der Waals surface area contributed by atoms with E-state index in [4.69, 9.17) is 0 Å². The molecular weight excluding hydrogens is 176 g/mol. The van der Waals surface area contributed by atoms with Gasteiger partial charge in [-0.05, 0) is 19.8 Å². The molecule has 0 radical (unpaired) electrons. The van der Waals surface area contributed by atoms with E-state index in [2.05, 4.69) is 24.4 Å². The van der Waals surface area contributed by atoms with E-state index in [0.717, 1.165) is 12.8 Å². The highest BCUT2D eigenvalue weighted by Crippen LogP contribution is 2.10. The lowest BCUT2D eigenvalue weighted by Crippen LogP contribution is -2.38. The highest BCUT2D eigenvalue weighted by Gasteiger charge is 2.15. The largest absolute Gasteiger partial charge is 0.349 e. The van der Waals surface area contributed by atoms with Gasteiger partial charge in [0.15, 0.2) is 0 Å². The minimum Gasteiger partial charge on any atom is -0.349 e. The molecular formula is C11H20N2O. The van der Waals surface area contributed by atoms with Crippen molar-refractivity contribution in [2.75, 3.05) is 14.1 Å². The number of hydrogen-bond acceptors (Lipinski definition) is 2. The van der Waals surface area contributed by atoms with Gasteiger partial charge < -0.3 is 10.2 Å². The van der Waals surface area contributed by atoms with Crippen molar-refractivity contribution in [1.82, 2.24) is 10.2 Å². The third-order valence-corrected chi connectivity index (χ3v) is 2.51. The molecule has 0 heterocycles. The smallest absolute Gasteiger partial charge is 0.223 e. The summed E-state index contributed by atoms with van der Waals surface area (Å²) in [5.41, 5.74) is 0. The average molecular weight is 196 g/mol. The Bertz CT molecular complexity index is 215. The molecule has 1 amide bonds. The Morgan fingerprint density at radius 2 is 2.07 bits per heavy atom. The van der Waals surface area contributed by atoms with Crippen LogP contribution in [0.3, 0.4) is 0 Å². The number of hydrogen-bond donors (Lipinski definition) is 1. The van der Waals surface area contributed by atoms with Crippen molar-refractivity contribution < 1.29 is 4.79 Å². The first kappa shape index (κ1) is 11.2. The van der Waals surface area contributed by atoms with Gasteiger partial charge in [0.25, 0.3) is 0 Å². The summed E-state index contributed by atoms with van der Waals surface area (Å²) < 4.78 is 0. The first-order valence-corrected chi connectivity index (χ1v) is 5.20. The molecule has 3 heteroatoms. The molecule has 80 valence electrons. The molecule has 1 atom stereocenters. The van der Waals surface area contributed by atoms with Crippen molar-refractivity contribution >= 4 is 5.91 Å². The van der Waals surface area contributed by atoms with Gasteiger partial charge >= 0.3 is 0 Å². The Morgan fingerprint density at radius 3 is 2.57 bits per heavy atom. The molecule has 0 aliphatic heterocycles. The number of nitrogens with zero attached hydrogens (tertiary/aromatic N) is 1. The molecule has 0 spiro atoms. The average Bonchev–Trinajstić information content (AvgIpc) is 2.56. The highest BCUT2D eigenvalue weighted by atomic mass is 16.2. The SMILES string of the molecule is CC(CC(=O)N(C)C)NC1CC=CC1. The van der Waals surface area contributed by atoms with Gasteiger partial charge in [-0.3, -0.25) is 4.79 Å². The third kappa shape index (κ3) is 3.50. The van der Waals surface area contributed by atoms with Crippen LogP contribution in [0.15, 0.2) is 12.2 Å². The van der Waals surface area contributed by atoms with Gasteiger partial charge in [-0.15, -0.1) is 0 Å². The van der Waals surface area contributed by atoms with Crippen molar-refractivity contribution in [3.63, 3.8) is 0 Å². The Labute approximate surface area is 86.2 Å². The molecule has 1 aliphatic carbocycles. The maximum Gasteiger partial charge on any atom is 0.223 e. The number of amides is 1. The topological polar surface area (TPSA) is 32.3 Å². The fourth-order valence-corrected chi connectivity index (χ4v) is 1.66. The summed E-state index contributed by atoms with van der Waals surface area (Å²) in [6.45, 7) is 2.07. The molecule has 1 rings (SSSR count). The van der Waals surface area contributed by atoms with Crippen LogP contribution in [0.4, 0.5) is 0 Å². The molecule has 0 bridgehead atoms. The number of nitrogens with one attached hydrogen (secondary N) is 1. The molecule has 0 aromatic rings. The van der Waals surface area contributed by atoms with E-state index in [0.29, 0.717) is 12.5 Å². The van der Waals surface area contributed by atoms with Gasteiger partial charge in [-0.1, -0.05) is 12.2 Å². The minimum atomic E-state index is 0.191. The van der Waals surface area contributed by atoms with Crippen LogP contribution in [0.1, 0.15) is 26.2 Å². The quantitative estimate of drug-likeness (QED) is 0.684. The fourth-order valence-electron chi connectivity index (χ4n) is 1.66. The van der Waals surface area contributed by atoms with Crippen molar-refractivity contribution in [2.45, 2.75) is 38.3 Å². The van der Waals surface area contributed by atoms with E-state index in [9.17, 15) is 4.79 Å². The van der Waals surface area contributed by atoms with E-state index >= 15 is 0 Å². The minimum absolute atomic E-state index is 0.191. The second kappa shape index (κ2) is 5.15. The lowest BCUT2D eigenvalue weighted by molar-refractivity contribution is -0.129. The van der Waals surface area contributed by atoms with Crippen LogP contribution in [0.2, 0.25) is 0 Å². The van der Waals surface area contributed by atoms with Crippen molar-refractivity contribution in [1.29, 1.82) is 0 Å². The van der Waals surface area contributed by atoms with E-state index in [1.807, 2.05) is 0 Å². The molecule has 0 saturated heterocycles. The van der Waals surface area contributed by atoms with Crippen LogP contribution in [-0.2, 0) is 4.79 Å². The Balaban J connectivity index is 2.21. The van der Waals surface area contributed by atoms with Gasteiger partial charge in [0.2, 0.25) is 5.91 Å². The maximum absolute atomic E-state index is 11.4. The van der Waals surface area contributed by atoms with E-state index in [-0.39, 0.29) is 11.9 Å². The van der Waals surface area contributed by atoms with E-state index < -0.39 is 0 Å². The van der Waals surface area contributed by atoms with Gasteiger partial charge in [0.1, 0.15) is 0 Å². The van der Waals surface area contributed by atoms with E-state index in [1.54, 1.807) is 19.0 Å². The summed E-state index contributed by atoms with van der Waals surface area (Å²) >= 11 is 0. The zero-order chi connectivity index (χ0) is 10.6. The van der Waals surface area contributed by atoms with Crippen molar-refractivity contribution in [3.8, 4) is 0 Å². The molecule has 1 aliphatic rings. The second-order valence-corrected chi connectivity index (χ2v) is 4.20. The first-order chi connectivity index (χ1) is 6.59. The van der Waals surface area contributed by atoms with Crippen molar-refractivity contribution in [3.05, 3.63) is 12.2 Å². The predicted octanol–water partition coefficient (Wildman–Crippen LogP) is 1.16. The van der Waals surface area contributed by atoms with Crippen LogP contribution < -0.4 is 5.32 Å². The monoisotopic (exact) mass is 196 g/mol. The van der Waals surface area contributed by atoms with Crippen LogP contribution in [-0.4, -0.2) is 37.0 Å². The maximum atomic E-state index is 11.4. The summed E-state index contributed by atoms with van der Waals surface area (Å²) in [6.07, 6.45) is 7.17. The second-order valence-electron chi connectivity index (χ2n) is 4.20. The predicted molar refractivity (Wildman–Crippen MR) is 58.1 cm³/mol. The lowest BCUT2D eigenvalue weighted by atomic mass is 10.1. The van der Waals surface area contributed by atoms with E-state index in [1.165, 1.54) is 0 Å². The third-order valence-electron chi connectivity index (χ3n) is 2.51. The van der Waals surface area contributed by atoms with Crippen LogP contribution in [0, 0.1) is 0 Å². The molecule has 0 fully saturated rings. The molecule has 14 heavy (non-hydrogen) atoms. The molecule has 1 N–H and O–H groups in total. The zero-order valence-corrected chi connectivity index (χ0v) is 9.29. The van der Waals surface area contributed by atoms with Crippen LogP contribution in [0.5, 0.6) is 0 Å². The zero-order valence-electron chi connectivity index (χ0n) is 9.29. The van der Waals surface area contributed by atoms with Gasteiger partial charge in [-0.25, -0.2) is 0 Å². The van der Waals surface area contributed by atoms with Gasteiger partial charge in [0.05, 0.1) is 0 Å². The van der Waals surface area contributed by atoms with Crippen LogP contribution in [0.25, 0.3) is 0 Å². The molecule has 3 nitrogen and oxygen atoms in total. The molecule has 0 aromatic heterocycles. The number of carbonyl (C=O) groups is 1. The Hall–Kier alpha value is -0.830. The molecule has 0 aromatic carbocycles.